The van der Waals surface area contributed by atoms with Crippen LogP contribution in [0.25, 0.3) is 11.0 Å². The van der Waals surface area contributed by atoms with Crippen molar-refractivity contribution >= 4 is 16.7 Å². The van der Waals surface area contributed by atoms with Gasteiger partial charge in [0.1, 0.15) is 11.8 Å². The van der Waals surface area contributed by atoms with Gasteiger partial charge in [0, 0.05) is 5.69 Å². The predicted molar refractivity (Wildman–Crippen MR) is 40.6 cm³/mol. The lowest BCUT2D eigenvalue weighted by Crippen LogP contribution is -1.82. The maximum absolute atomic E-state index is 12.8. The van der Waals surface area contributed by atoms with Gasteiger partial charge < -0.3 is 10.2 Å². The Kier molecular flexibility index (Phi) is 1.12. The van der Waals surface area contributed by atoms with E-state index >= 15 is 0 Å². The second-order valence-corrected chi connectivity index (χ2v) is 2.34. The zero-order valence-electron chi connectivity index (χ0n) is 5.67. The zero-order chi connectivity index (χ0) is 7.84. The summed E-state index contributed by atoms with van der Waals surface area (Å²) in [4.78, 5) is 0. The van der Waals surface area contributed by atoms with Crippen LogP contribution in [-0.4, -0.2) is 0 Å². The Morgan fingerprint density at radius 3 is 3.00 bits per heavy atom. The molecule has 1 aromatic heterocycles. The predicted octanol–water partition coefficient (Wildman–Crippen LogP) is 2.15. The number of hydrogen-bond donors (Lipinski definition) is 1. The molecule has 0 radical (unpaired) electrons. The quantitative estimate of drug-likeness (QED) is 0.586. The van der Waals surface area contributed by atoms with E-state index < -0.39 is 0 Å². The van der Waals surface area contributed by atoms with Crippen molar-refractivity contribution in [2.24, 2.45) is 0 Å². The second-order valence-electron chi connectivity index (χ2n) is 2.34. The normalized spacial score (nSPS) is 10.6. The van der Waals surface area contributed by atoms with Gasteiger partial charge in [-0.05, 0) is 18.2 Å². The number of halogens is 1. The van der Waals surface area contributed by atoms with Crippen molar-refractivity contribution in [2.75, 3.05) is 5.73 Å². The van der Waals surface area contributed by atoms with Gasteiger partial charge in [-0.2, -0.15) is 0 Å². The molecule has 1 heterocycles. The monoisotopic (exact) mass is 151 g/mol. The van der Waals surface area contributed by atoms with Gasteiger partial charge in [0.2, 0.25) is 0 Å². The lowest BCUT2D eigenvalue weighted by atomic mass is 10.2. The van der Waals surface area contributed by atoms with Gasteiger partial charge in [-0.15, -0.1) is 0 Å². The van der Waals surface area contributed by atoms with E-state index in [0.29, 0.717) is 16.7 Å². The maximum Gasteiger partial charge on any atom is 0.169 e. The summed E-state index contributed by atoms with van der Waals surface area (Å²) in [5, 5.41) is 0.435. The molecule has 0 atom stereocenters. The topological polar surface area (TPSA) is 39.2 Å². The Labute approximate surface area is 62.4 Å². The van der Waals surface area contributed by atoms with Gasteiger partial charge >= 0.3 is 0 Å². The lowest BCUT2D eigenvalue weighted by molar-refractivity contribution is 0.558. The number of nitrogen functional groups attached to an aromatic ring is 1. The minimum absolute atomic E-state index is 0.368. The molecular weight excluding hydrogens is 145 g/mol. The van der Waals surface area contributed by atoms with Crippen LogP contribution in [0, 0.1) is 5.82 Å². The molecule has 0 spiro atoms. The van der Waals surface area contributed by atoms with Gasteiger partial charge in [-0.25, -0.2) is 4.39 Å². The zero-order valence-corrected chi connectivity index (χ0v) is 5.67. The first kappa shape index (κ1) is 6.22. The highest BCUT2D eigenvalue weighted by Crippen LogP contribution is 2.21. The smallest absolute Gasteiger partial charge is 0.169 e. The minimum atomic E-state index is -0.368. The van der Waals surface area contributed by atoms with E-state index in [1.807, 2.05) is 0 Å². The van der Waals surface area contributed by atoms with E-state index in [4.69, 9.17) is 10.2 Å². The lowest BCUT2D eigenvalue weighted by Gasteiger charge is -1.90. The molecule has 0 saturated carbocycles. The Morgan fingerprint density at radius 1 is 1.36 bits per heavy atom. The van der Waals surface area contributed by atoms with E-state index in [1.54, 1.807) is 18.2 Å². The van der Waals surface area contributed by atoms with Crippen LogP contribution >= 0.6 is 0 Å². The van der Waals surface area contributed by atoms with E-state index in [0.717, 1.165) is 6.26 Å². The molecule has 2 nitrogen and oxygen atoms in total. The number of rotatable bonds is 0. The average molecular weight is 151 g/mol. The highest BCUT2D eigenvalue weighted by molar-refractivity contribution is 5.81. The van der Waals surface area contributed by atoms with Crippen LogP contribution in [0.5, 0.6) is 0 Å². The molecule has 2 N–H and O–H groups in total. The van der Waals surface area contributed by atoms with Crippen molar-refractivity contribution < 1.29 is 8.81 Å². The second kappa shape index (κ2) is 1.99. The van der Waals surface area contributed by atoms with Crippen molar-refractivity contribution in [2.45, 2.75) is 0 Å². The number of anilines is 1. The molecule has 1 aromatic carbocycles. The first-order valence-electron chi connectivity index (χ1n) is 3.19. The van der Waals surface area contributed by atoms with Crippen LogP contribution in [-0.2, 0) is 0 Å². The SMILES string of the molecule is Nc1ccc2occ(F)c2c1. The molecule has 0 unspecified atom stereocenters. The van der Waals surface area contributed by atoms with Crippen LogP contribution in [0.2, 0.25) is 0 Å². The highest BCUT2D eigenvalue weighted by atomic mass is 19.1. The molecule has 2 rings (SSSR count). The van der Waals surface area contributed by atoms with Crippen LogP contribution in [0.4, 0.5) is 10.1 Å². The molecule has 0 aliphatic carbocycles. The summed E-state index contributed by atoms with van der Waals surface area (Å²) in [6.07, 6.45) is 1.07. The fraction of sp³-hybridized carbons (Fsp3) is 0. The Bertz CT molecular complexity index is 394. The molecule has 0 aliphatic rings. The van der Waals surface area contributed by atoms with Gasteiger partial charge in [-0.1, -0.05) is 0 Å². The third kappa shape index (κ3) is 0.852. The van der Waals surface area contributed by atoms with Crippen LogP contribution in [0.15, 0.2) is 28.9 Å². The van der Waals surface area contributed by atoms with Crippen molar-refractivity contribution in [1.29, 1.82) is 0 Å². The van der Waals surface area contributed by atoms with E-state index in [9.17, 15) is 4.39 Å². The third-order valence-electron chi connectivity index (χ3n) is 1.55. The summed E-state index contributed by atoms with van der Waals surface area (Å²) in [6.45, 7) is 0. The van der Waals surface area contributed by atoms with Crippen LogP contribution in [0.1, 0.15) is 0 Å². The molecule has 2 aromatic rings. The number of furan rings is 1. The fourth-order valence-electron chi connectivity index (χ4n) is 1.02. The number of hydrogen-bond acceptors (Lipinski definition) is 2. The Balaban J connectivity index is 2.87. The standard InChI is InChI=1S/C8H6FNO/c9-7-4-11-8-2-1-5(10)3-6(7)8/h1-4H,10H2. The first-order valence-corrected chi connectivity index (χ1v) is 3.19. The van der Waals surface area contributed by atoms with Gasteiger partial charge in [0.15, 0.2) is 5.82 Å². The average Bonchev–Trinajstić information content (AvgIpc) is 2.33. The third-order valence-corrected chi connectivity index (χ3v) is 1.55. The van der Waals surface area contributed by atoms with Crippen molar-refractivity contribution in [3.63, 3.8) is 0 Å². The number of fused-ring (bicyclic) bond motifs is 1. The number of benzene rings is 1. The maximum atomic E-state index is 12.8. The van der Waals surface area contributed by atoms with E-state index in [-0.39, 0.29) is 5.82 Å². The largest absolute Gasteiger partial charge is 0.461 e. The van der Waals surface area contributed by atoms with E-state index in [1.165, 1.54) is 0 Å². The molecule has 11 heavy (non-hydrogen) atoms. The van der Waals surface area contributed by atoms with Crippen LogP contribution < -0.4 is 5.73 Å². The molecule has 3 heteroatoms. The molecule has 0 saturated heterocycles. The fourth-order valence-corrected chi connectivity index (χ4v) is 1.02. The molecule has 0 fully saturated rings. The van der Waals surface area contributed by atoms with Gasteiger partial charge in [-0.3, -0.25) is 0 Å². The number of nitrogens with two attached hydrogens (primary N) is 1. The molecule has 56 valence electrons. The summed E-state index contributed by atoms with van der Waals surface area (Å²) in [6, 6.07) is 4.87. The summed E-state index contributed by atoms with van der Waals surface area (Å²) in [5.41, 5.74) is 6.51. The summed E-state index contributed by atoms with van der Waals surface area (Å²) in [5.74, 6) is -0.368. The molecule has 0 bridgehead atoms. The molecule has 0 amide bonds. The van der Waals surface area contributed by atoms with Crippen molar-refractivity contribution in [1.82, 2.24) is 0 Å². The van der Waals surface area contributed by atoms with Gasteiger partial charge in [0.25, 0.3) is 0 Å². The Morgan fingerprint density at radius 2 is 2.18 bits per heavy atom. The molecule has 0 aliphatic heterocycles. The summed E-state index contributed by atoms with van der Waals surface area (Å²) < 4.78 is 17.6. The van der Waals surface area contributed by atoms with E-state index in [2.05, 4.69) is 0 Å². The van der Waals surface area contributed by atoms with Crippen LogP contribution in [0.3, 0.4) is 0 Å². The van der Waals surface area contributed by atoms with Gasteiger partial charge in [0.05, 0.1) is 5.39 Å². The first-order chi connectivity index (χ1) is 5.27. The van der Waals surface area contributed by atoms with Crippen molar-refractivity contribution in [3.05, 3.63) is 30.3 Å². The highest BCUT2D eigenvalue weighted by Gasteiger charge is 2.03. The Hall–Kier alpha value is -1.51. The molecular formula is C8H6FNO. The summed E-state index contributed by atoms with van der Waals surface area (Å²) >= 11 is 0. The van der Waals surface area contributed by atoms with Crippen molar-refractivity contribution in [3.8, 4) is 0 Å². The minimum Gasteiger partial charge on any atom is -0.461 e. The summed E-state index contributed by atoms with van der Waals surface area (Å²) in [7, 11) is 0.